The number of hydrogen-bond acceptors (Lipinski definition) is 1. The maximum absolute atomic E-state index is 13.5. The van der Waals surface area contributed by atoms with Gasteiger partial charge in [0.25, 0.3) is 0 Å². The van der Waals surface area contributed by atoms with Crippen LogP contribution in [-0.2, 0) is 15.6 Å². The average molecular weight is 346 g/mol. The molecule has 0 unspecified atom stereocenters. The third kappa shape index (κ3) is 4.66. The van der Waals surface area contributed by atoms with Gasteiger partial charge in [0.05, 0.1) is 13.2 Å². The van der Waals surface area contributed by atoms with E-state index in [9.17, 15) is 8.78 Å². The fourth-order valence-electron chi connectivity index (χ4n) is 2.86. The van der Waals surface area contributed by atoms with Gasteiger partial charge in [-0.25, -0.2) is 8.78 Å². The van der Waals surface area contributed by atoms with Crippen molar-refractivity contribution in [2.24, 2.45) is 0 Å². The van der Waals surface area contributed by atoms with Crippen LogP contribution in [0.5, 0.6) is 0 Å². The minimum atomic E-state index is -0.215. The second kappa shape index (κ2) is 7.25. The Bertz CT molecular complexity index is 684. The molecule has 25 heavy (non-hydrogen) atoms. The summed E-state index contributed by atoms with van der Waals surface area (Å²) < 4.78 is 33.0. The monoisotopic (exact) mass is 346 g/mol. The molecule has 0 aliphatic heterocycles. The molecule has 0 radical (unpaired) electrons. The summed E-state index contributed by atoms with van der Waals surface area (Å²) in [4.78, 5) is 0. The molecule has 0 aromatic heterocycles. The summed E-state index contributed by atoms with van der Waals surface area (Å²) in [6, 6.07) is 10.4. The largest absolute Gasteiger partial charge is 0.380 e. The Morgan fingerprint density at radius 3 is 1.40 bits per heavy atom. The van der Waals surface area contributed by atoms with Crippen molar-refractivity contribution < 1.29 is 13.5 Å². The van der Waals surface area contributed by atoms with Crippen LogP contribution in [0.2, 0.25) is 0 Å². The molecule has 0 aliphatic carbocycles. The Kier molecular flexibility index (Phi) is 5.68. The van der Waals surface area contributed by atoms with Crippen LogP contribution in [0.25, 0.3) is 0 Å². The van der Waals surface area contributed by atoms with Crippen molar-refractivity contribution in [2.45, 2.75) is 52.4 Å². The number of hydrogen-bond donors (Lipinski definition) is 0. The SMILES string of the molecule is Cc1cc(C(C)(C)COCC(C)(C)c2ccc(F)c(C)c2)ccc1F. The van der Waals surface area contributed by atoms with E-state index in [-0.39, 0.29) is 22.5 Å². The Labute approximate surface area is 150 Å². The normalized spacial score (nSPS) is 12.5. The van der Waals surface area contributed by atoms with Gasteiger partial charge in [0.15, 0.2) is 0 Å². The lowest BCUT2D eigenvalue weighted by Crippen LogP contribution is -2.30. The molecular formula is C22H28F2O. The van der Waals surface area contributed by atoms with E-state index in [1.807, 2.05) is 24.3 Å². The molecule has 0 N–H and O–H groups in total. The molecule has 0 spiro atoms. The molecule has 2 aromatic carbocycles. The Morgan fingerprint density at radius 2 is 1.08 bits per heavy atom. The number of aryl methyl sites for hydroxylation is 2. The van der Waals surface area contributed by atoms with Gasteiger partial charge in [-0.3, -0.25) is 0 Å². The molecule has 3 heteroatoms. The summed E-state index contributed by atoms with van der Waals surface area (Å²) in [6.07, 6.45) is 0. The number of ether oxygens (including phenoxy) is 1. The zero-order chi connectivity index (χ0) is 18.8. The second-order valence-electron chi connectivity index (χ2n) is 8.19. The Morgan fingerprint density at radius 1 is 0.720 bits per heavy atom. The zero-order valence-corrected chi connectivity index (χ0v) is 16.0. The first kappa shape index (κ1) is 19.6. The highest BCUT2D eigenvalue weighted by Gasteiger charge is 2.26. The molecule has 1 nitrogen and oxygen atoms in total. The Balaban J connectivity index is 2.04. The summed E-state index contributed by atoms with van der Waals surface area (Å²) in [5, 5.41) is 0. The first-order chi connectivity index (χ1) is 11.5. The van der Waals surface area contributed by atoms with Crippen LogP contribution in [0.1, 0.15) is 49.9 Å². The van der Waals surface area contributed by atoms with Crippen molar-refractivity contribution in [1.82, 2.24) is 0 Å². The van der Waals surface area contributed by atoms with Crippen LogP contribution in [0.4, 0.5) is 8.78 Å². The van der Waals surface area contributed by atoms with Crippen LogP contribution >= 0.6 is 0 Å². The lowest BCUT2D eigenvalue weighted by Gasteiger charge is -2.30. The van der Waals surface area contributed by atoms with Gasteiger partial charge in [0.1, 0.15) is 11.6 Å². The van der Waals surface area contributed by atoms with Crippen LogP contribution in [0, 0.1) is 25.5 Å². The van der Waals surface area contributed by atoms with E-state index >= 15 is 0 Å². The summed E-state index contributed by atoms with van der Waals surface area (Å²) in [5.74, 6) is -0.374. The highest BCUT2D eigenvalue weighted by atomic mass is 19.1. The molecule has 0 aliphatic rings. The van der Waals surface area contributed by atoms with E-state index in [4.69, 9.17) is 4.74 Å². The van der Waals surface area contributed by atoms with Crippen molar-refractivity contribution in [2.75, 3.05) is 13.2 Å². The molecular weight excluding hydrogens is 318 g/mol. The molecule has 136 valence electrons. The van der Waals surface area contributed by atoms with Gasteiger partial charge in [0.2, 0.25) is 0 Å². The number of halogens is 2. The first-order valence-corrected chi connectivity index (χ1v) is 8.64. The van der Waals surface area contributed by atoms with Crippen LogP contribution in [0.15, 0.2) is 36.4 Å². The summed E-state index contributed by atoms with van der Waals surface area (Å²) >= 11 is 0. The molecule has 0 bridgehead atoms. The van der Waals surface area contributed by atoms with Gasteiger partial charge >= 0.3 is 0 Å². The van der Waals surface area contributed by atoms with Crippen LogP contribution in [-0.4, -0.2) is 13.2 Å². The molecule has 0 fully saturated rings. The Hall–Kier alpha value is -1.74. The third-order valence-corrected chi connectivity index (χ3v) is 4.80. The zero-order valence-electron chi connectivity index (χ0n) is 16.0. The van der Waals surface area contributed by atoms with Gasteiger partial charge < -0.3 is 4.74 Å². The van der Waals surface area contributed by atoms with Crippen LogP contribution in [0.3, 0.4) is 0 Å². The predicted molar refractivity (Wildman–Crippen MR) is 99.1 cm³/mol. The van der Waals surface area contributed by atoms with Crippen molar-refractivity contribution in [1.29, 1.82) is 0 Å². The summed E-state index contributed by atoms with van der Waals surface area (Å²) in [6.45, 7) is 13.0. The highest BCUT2D eigenvalue weighted by Crippen LogP contribution is 2.29. The highest BCUT2D eigenvalue weighted by molar-refractivity contribution is 5.31. The lowest BCUT2D eigenvalue weighted by molar-refractivity contribution is 0.0633. The summed E-state index contributed by atoms with van der Waals surface area (Å²) in [5.41, 5.74) is 2.98. The van der Waals surface area contributed by atoms with Crippen molar-refractivity contribution in [3.63, 3.8) is 0 Å². The fraction of sp³-hybridized carbons (Fsp3) is 0.455. The van der Waals surface area contributed by atoms with Gasteiger partial charge in [-0.05, 0) is 48.2 Å². The first-order valence-electron chi connectivity index (χ1n) is 8.64. The standard InChI is InChI=1S/C22H28F2O/c1-15-11-17(7-9-19(15)23)21(3,4)13-25-14-22(5,6)18-8-10-20(24)16(2)12-18/h7-12H,13-14H2,1-6H3. The molecule has 2 aromatic rings. The van der Waals surface area contributed by atoms with Gasteiger partial charge in [-0.2, -0.15) is 0 Å². The molecule has 0 heterocycles. The maximum Gasteiger partial charge on any atom is 0.126 e. The number of benzene rings is 2. The minimum absolute atomic E-state index is 0.187. The smallest absolute Gasteiger partial charge is 0.126 e. The molecule has 0 saturated heterocycles. The van der Waals surface area contributed by atoms with Gasteiger partial charge in [-0.15, -0.1) is 0 Å². The molecule has 0 amide bonds. The lowest BCUT2D eigenvalue weighted by atomic mass is 9.83. The van der Waals surface area contributed by atoms with E-state index in [0.29, 0.717) is 24.3 Å². The molecule has 2 rings (SSSR count). The van der Waals surface area contributed by atoms with Crippen molar-refractivity contribution >= 4 is 0 Å². The maximum atomic E-state index is 13.5. The third-order valence-electron chi connectivity index (χ3n) is 4.80. The number of rotatable bonds is 6. The van der Waals surface area contributed by atoms with E-state index in [0.717, 1.165) is 11.1 Å². The topological polar surface area (TPSA) is 9.23 Å². The predicted octanol–water partition coefficient (Wildman–Crippen LogP) is 5.85. The van der Waals surface area contributed by atoms with E-state index in [1.165, 1.54) is 12.1 Å². The van der Waals surface area contributed by atoms with Crippen molar-refractivity contribution in [3.05, 3.63) is 70.3 Å². The summed E-state index contributed by atoms with van der Waals surface area (Å²) in [7, 11) is 0. The van der Waals surface area contributed by atoms with Crippen molar-refractivity contribution in [3.8, 4) is 0 Å². The van der Waals surface area contributed by atoms with E-state index in [2.05, 4.69) is 27.7 Å². The molecule has 0 atom stereocenters. The molecule has 0 saturated carbocycles. The fourth-order valence-corrected chi connectivity index (χ4v) is 2.86. The van der Waals surface area contributed by atoms with Crippen LogP contribution < -0.4 is 0 Å². The van der Waals surface area contributed by atoms with Gasteiger partial charge in [0, 0.05) is 10.8 Å². The minimum Gasteiger partial charge on any atom is -0.380 e. The van der Waals surface area contributed by atoms with E-state index < -0.39 is 0 Å². The average Bonchev–Trinajstić information content (AvgIpc) is 2.52. The van der Waals surface area contributed by atoms with Gasteiger partial charge in [-0.1, -0.05) is 52.0 Å². The van der Waals surface area contributed by atoms with E-state index in [1.54, 1.807) is 13.8 Å². The quantitative estimate of drug-likeness (QED) is 0.637. The second-order valence-corrected chi connectivity index (χ2v) is 8.19.